The fraction of sp³-hybridized carbons (Fsp3) is 0.333. The average molecular weight is 450 g/mol. The zero-order chi connectivity index (χ0) is 22.7. The van der Waals surface area contributed by atoms with Crippen LogP contribution < -0.4 is 10.9 Å². The molecule has 2 aromatic heterocycles. The number of hydrogen-bond donors (Lipinski definition) is 1. The van der Waals surface area contributed by atoms with Crippen LogP contribution in [0, 0.1) is 6.92 Å². The standard InChI is InChI=1S/C24H27N5O2S/c1-4-17(3)25-21(30)12-13-28-22(31)19-10-5-6-11-20(19)29-23(28)26-27-24(29)32-15-18-9-7-8-16(2)14-18/h5-11,14,17H,4,12-13,15H2,1-3H3,(H,25,30). The van der Waals surface area contributed by atoms with Crippen LogP contribution in [0.5, 0.6) is 0 Å². The maximum Gasteiger partial charge on any atom is 0.262 e. The van der Waals surface area contributed by atoms with Gasteiger partial charge >= 0.3 is 0 Å². The van der Waals surface area contributed by atoms with Gasteiger partial charge in [0.2, 0.25) is 11.7 Å². The molecule has 0 fully saturated rings. The van der Waals surface area contributed by atoms with E-state index in [0.29, 0.717) is 11.2 Å². The fourth-order valence-electron chi connectivity index (χ4n) is 3.64. The number of para-hydroxylation sites is 1. The molecular weight excluding hydrogens is 422 g/mol. The molecule has 7 nitrogen and oxygen atoms in total. The molecule has 1 unspecified atom stereocenters. The molecule has 2 heterocycles. The lowest BCUT2D eigenvalue weighted by molar-refractivity contribution is -0.121. The van der Waals surface area contributed by atoms with Gasteiger partial charge in [-0.15, -0.1) is 10.2 Å². The van der Waals surface area contributed by atoms with Gasteiger partial charge in [0.05, 0.1) is 10.9 Å². The van der Waals surface area contributed by atoms with E-state index >= 15 is 0 Å². The van der Waals surface area contributed by atoms with Crippen molar-refractivity contribution in [3.63, 3.8) is 0 Å². The van der Waals surface area contributed by atoms with Crippen molar-refractivity contribution in [2.45, 2.75) is 57.1 Å². The maximum atomic E-state index is 13.2. The van der Waals surface area contributed by atoms with Crippen LogP contribution in [0.1, 0.15) is 37.8 Å². The van der Waals surface area contributed by atoms with Crippen LogP contribution in [0.15, 0.2) is 58.5 Å². The molecule has 4 aromatic rings. The van der Waals surface area contributed by atoms with E-state index in [1.807, 2.05) is 48.6 Å². The predicted molar refractivity (Wildman–Crippen MR) is 128 cm³/mol. The monoisotopic (exact) mass is 449 g/mol. The summed E-state index contributed by atoms with van der Waals surface area (Å²) in [6.45, 7) is 6.31. The molecule has 0 aliphatic heterocycles. The molecule has 166 valence electrons. The number of nitrogens with one attached hydrogen (secondary N) is 1. The van der Waals surface area contributed by atoms with Gasteiger partial charge in [-0.05, 0) is 38.0 Å². The first-order chi connectivity index (χ1) is 15.5. The summed E-state index contributed by atoms with van der Waals surface area (Å²) in [6.07, 6.45) is 1.06. The van der Waals surface area contributed by atoms with Crippen LogP contribution in [0.3, 0.4) is 0 Å². The number of hydrogen-bond acceptors (Lipinski definition) is 5. The Labute approximate surface area is 190 Å². The third-order valence-electron chi connectivity index (χ3n) is 5.51. The largest absolute Gasteiger partial charge is 0.354 e. The van der Waals surface area contributed by atoms with Gasteiger partial charge in [-0.1, -0.05) is 60.6 Å². The van der Waals surface area contributed by atoms with E-state index < -0.39 is 0 Å². The highest BCUT2D eigenvalue weighted by Crippen LogP contribution is 2.25. The summed E-state index contributed by atoms with van der Waals surface area (Å²) in [4.78, 5) is 25.5. The Morgan fingerprint density at radius 2 is 1.97 bits per heavy atom. The molecule has 0 radical (unpaired) electrons. The molecule has 0 aliphatic rings. The summed E-state index contributed by atoms with van der Waals surface area (Å²) in [5, 5.41) is 13.0. The van der Waals surface area contributed by atoms with Gasteiger partial charge in [-0.2, -0.15) is 0 Å². The zero-order valence-corrected chi connectivity index (χ0v) is 19.4. The van der Waals surface area contributed by atoms with Crippen molar-refractivity contribution >= 4 is 34.3 Å². The van der Waals surface area contributed by atoms with Gasteiger partial charge in [-0.25, -0.2) is 0 Å². The molecule has 4 rings (SSSR count). The summed E-state index contributed by atoms with van der Waals surface area (Å²) in [5.41, 5.74) is 3.02. The third kappa shape index (κ3) is 4.55. The predicted octanol–water partition coefficient (Wildman–Crippen LogP) is 3.95. The van der Waals surface area contributed by atoms with Crippen molar-refractivity contribution in [1.29, 1.82) is 0 Å². The van der Waals surface area contributed by atoms with E-state index in [1.54, 1.807) is 16.3 Å². The molecule has 0 saturated carbocycles. The maximum absolute atomic E-state index is 13.2. The van der Waals surface area contributed by atoms with Crippen LogP contribution in [-0.2, 0) is 17.1 Å². The Kier molecular flexibility index (Phi) is 6.60. The van der Waals surface area contributed by atoms with Crippen molar-refractivity contribution in [3.05, 3.63) is 70.0 Å². The van der Waals surface area contributed by atoms with E-state index in [-0.39, 0.29) is 30.5 Å². The Morgan fingerprint density at radius 3 is 2.75 bits per heavy atom. The molecule has 1 atom stereocenters. The van der Waals surface area contributed by atoms with E-state index in [4.69, 9.17) is 0 Å². The summed E-state index contributed by atoms with van der Waals surface area (Å²) in [7, 11) is 0. The Morgan fingerprint density at radius 1 is 1.16 bits per heavy atom. The number of nitrogens with zero attached hydrogens (tertiary/aromatic N) is 4. The molecular formula is C24H27N5O2S. The number of thioether (sulfide) groups is 1. The second-order valence-electron chi connectivity index (χ2n) is 8.00. The first-order valence-corrected chi connectivity index (χ1v) is 11.8. The van der Waals surface area contributed by atoms with Crippen LogP contribution in [-0.4, -0.2) is 31.1 Å². The van der Waals surface area contributed by atoms with Crippen molar-refractivity contribution in [1.82, 2.24) is 24.5 Å². The third-order valence-corrected chi connectivity index (χ3v) is 6.51. The summed E-state index contributed by atoms with van der Waals surface area (Å²) in [5.74, 6) is 1.12. The van der Waals surface area contributed by atoms with Crippen molar-refractivity contribution in [2.75, 3.05) is 0 Å². The lowest BCUT2D eigenvalue weighted by atomic mass is 10.2. The topological polar surface area (TPSA) is 81.3 Å². The minimum Gasteiger partial charge on any atom is -0.354 e. The SMILES string of the molecule is CCC(C)NC(=O)CCn1c(=O)c2ccccc2n2c(SCc3cccc(C)c3)nnc12. The lowest BCUT2D eigenvalue weighted by Gasteiger charge is -2.13. The molecule has 0 saturated heterocycles. The van der Waals surface area contributed by atoms with Crippen LogP contribution in [0.25, 0.3) is 16.7 Å². The second kappa shape index (κ2) is 9.56. The number of amides is 1. The van der Waals surface area contributed by atoms with E-state index in [0.717, 1.165) is 22.8 Å². The van der Waals surface area contributed by atoms with E-state index in [9.17, 15) is 9.59 Å². The molecule has 32 heavy (non-hydrogen) atoms. The highest BCUT2D eigenvalue weighted by Gasteiger charge is 2.17. The number of carbonyl (C=O) groups excluding carboxylic acids is 1. The molecule has 8 heteroatoms. The van der Waals surface area contributed by atoms with E-state index in [2.05, 4.69) is 40.6 Å². The molecule has 0 bridgehead atoms. The average Bonchev–Trinajstić information content (AvgIpc) is 3.21. The molecule has 0 spiro atoms. The minimum atomic E-state index is -0.160. The first-order valence-electron chi connectivity index (χ1n) is 10.8. The quantitative estimate of drug-likeness (QED) is 0.412. The fourth-order valence-corrected chi connectivity index (χ4v) is 4.52. The Balaban J connectivity index is 1.70. The summed E-state index contributed by atoms with van der Waals surface area (Å²) < 4.78 is 3.48. The molecule has 2 aromatic carbocycles. The Bertz CT molecular complexity index is 1330. The minimum absolute atomic E-state index is 0.0777. The van der Waals surface area contributed by atoms with Gasteiger partial charge in [0.15, 0.2) is 5.16 Å². The summed E-state index contributed by atoms with van der Waals surface area (Å²) in [6, 6.07) is 15.9. The van der Waals surface area contributed by atoms with E-state index in [1.165, 1.54) is 11.1 Å². The van der Waals surface area contributed by atoms with Crippen molar-refractivity contribution < 1.29 is 4.79 Å². The normalized spacial score (nSPS) is 12.3. The van der Waals surface area contributed by atoms with Crippen LogP contribution in [0.2, 0.25) is 0 Å². The Hall–Kier alpha value is -3.13. The van der Waals surface area contributed by atoms with Crippen LogP contribution >= 0.6 is 11.8 Å². The number of benzene rings is 2. The molecule has 1 amide bonds. The number of fused-ring (bicyclic) bond motifs is 3. The second-order valence-corrected chi connectivity index (χ2v) is 8.94. The van der Waals surface area contributed by atoms with Gasteiger partial charge < -0.3 is 5.32 Å². The molecule has 0 aliphatic carbocycles. The van der Waals surface area contributed by atoms with Crippen LogP contribution in [0.4, 0.5) is 0 Å². The first kappa shape index (κ1) is 22.1. The number of aryl methyl sites for hydroxylation is 2. The van der Waals surface area contributed by atoms with Gasteiger partial charge in [0.25, 0.3) is 5.56 Å². The van der Waals surface area contributed by atoms with Gasteiger partial charge in [0.1, 0.15) is 0 Å². The zero-order valence-electron chi connectivity index (χ0n) is 18.5. The number of aromatic nitrogens is 4. The van der Waals surface area contributed by atoms with Crippen molar-refractivity contribution in [2.24, 2.45) is 0 Å². The van der Waals surface area contributed by atoms with Crippen molar-refractivity contribution in [3.8, 4) is 0 Å². The lowest BCUT2D eigenvalue weighted by Crippen LogP contribution is -2.33. The number of carbonyl (C=O) groups is 1. The number of rotatable bonds is 8. The smallest absolute Gasteiger partial charge is 0.262 e. The van der Waals surface area contributed by atoms with Gasteiger partial charge in [-0.3, -0.25) is 18.6 Å². The van der Waals surface area contributed by atoms with Gasteiger partial charge in [0, 0.05) is 24.8 Å². The highest BCUT2D eigenvalue weighted by molar-refractivity contribution is 7.98. The molecule has 1 N–H and O–H groups in total. The summed E-state index contributed by atoms with van der Waals surface area (Å²) >= 11 is 1.58. The highest BCUT2D eigenvalue weighted by atomic mass is 32.2.